The van der Waals surface area contributed by atoms with E-state index < -0.39 is 0 Å². The summed E-state index contributed by atoms with van der Waals surface area (Å²) in [4.78, 5) is 16.7. The van der Waals surface area contributed by atoms with Crippen molar-refractivity contribution in [3.05, 3.63) is 60.2 Å². The Balaban J connectivity index is 1.40. The highest BCUT2D eigenvalue weighted by atomic mass is 15.3. The summed E-state index contributed by atoms with van der Waals surface area (Å²) in [6.45, 7) is 6.37. The van der Waals surface area contributed by atoms with Gasteiger partial charge in [-0.1, -0.05) is 12.1 Å². The molecule has 146 valence electrons. The van der Waals surface area contributed by atoms with Gasteiger partial charge in [0.2, 0.25) is 0 Å². The molecule has 0 aromatic carbocycles. The van der Waals surface area contributed by atoms with Crippen molar-refractivity contribution in [2.45, 2.75) is 25.4 Å². The first-order chi connectivity index (χ1) is 13.8. The molecular weight excluding hydrogens is 348 g/mol. The average Bonchev–Trinajstić information content (AvgIpc) is 3.40. The molecule has 5 rings (SSSR count). The maximum atomic E-state index is 5.02. The lowest BCUT2D eigenvalue weighted by atomic mass is 10.1. The molecule has 0 radical (unpaired) electrons. The van der Waals surface area contributed by atoms with Crippen LogP contribution in [0.1, 0.15) is 30.1 Å². The van der Waals surface area contributed by atoms with Gasteiger partial charge in [0.05, 0.1) is 11.7 Å². The fourth-order valence-electron chi connectivity index (χ4n) is 4.52. The van der Waals surface area contributed by atoms with Gasteiger partial charge < -0.3 is 4.90 Å². The lowest BCUT2D eigenvalue weighted by molar-refractivity contribution is 0.0885. The number of imidazole rings is 1. The molecule has 28 heavy (non-hydrogen) atoms. The minimum Gasteiger partial charge on any atom is -0.358 e. The molecule has 2 fully saturated rings. The van der Waals surface area contributed by atoms with Crippen LogP contribution in [0.3, 0.4) is 0 Å². The van der Waals surface area contributed by atoms with Gasteiger partial charge in [0, 0.05) is 57.9 Å². The Morgan fingerprint density at radius 1 is 1.04 bits per heavy atom. The van der Waals surface area contributed by atoms with Crippen LogP contribution in [-0.2, 0) is 6.54 Å². The number of aromatic nitrogens is 3. The molecule has 5 heterocycles. The lowest BCUT2D eigenvalue weighted by Crippen LogP contribution is -2.46. The van der Waals surface area contributed by atoms with Crippen LogP contribution in [0.25, 0.3) is 5.65 Å². The van der Waals surface area contributed by atoms with Crippen molar-refractivity contribution < 1.29 is 0 Å². The van der Waals surface area contributed by atoms with E-state index in [-0.39, 0.29) is 0 Å². The number of fused-ring (bicyclic) bond motifs is 1. The van der Waals surface area contributed by atoms with Crippen LogP contribution >= 0.6 is 0 Å². The van der Waals surface area contributed by atoms with E-state index >= 15 is 0 Å². The van der Waals surface area contributed by atoms with E-state index in [2.05, 4.69) is 61.6 Å². The Morgan fingerprint density at radius 3 is 2.75 bits per heavy atom. The minimum absolute atomic E-state index is 0.316. The van der Waals surface area contributed by atoms with Gasteiger partial charge in [0.15, 0.2) is 0 Å². The van der Waals surface area contributed by atoms with Crippen LogP contribution in [0.4, 0.5) is 5.82 Å². The number of pyridine rings is 2. The maximum Gasteiger partial charge on any atom is 0.138 e. The first kappa shape index (κ1) is 17.6. The van der Waals surface area contributed by atoms with Crippen molar-refractivity contribution >= 4 is 11.5 Å². The zero-order valence-electron chi connectivity index (χ0n) is 16.5. The Morgan fingerprint density at radius 2 is 1.93 bits per heavy atom. The van der Waals surface area contributed by atoms with Crippen molar-refractivity contribution in [2.75, 3.05) is 44.7 Å². The third-order valence-electron chi connectivity index (χ3n) is 6.12. The van der Waals surface area contributed by atoms with Crippen LogP contribution in [0.5, 0.6) is 0 Å². The molecule has 6 nitrogen and oxygen atoms in total. The molecule has 0 N–H and O–H groups in total. The first-order valence-corrected chi connectivity index (χ1v) is 10.3. The van der Waals surface area contributed by atoms with E-state index in [1.165, 1.54) is 29.9 Å². The average molecular weight is 377 g/mol. The highest BCUT2D eigenvalue weighted by Gasteiger charge is 2.28. The number of rotatable bonds is 4. The van der Waals surface area contributed by atoms with Crippen molar-refractivity contribution in [2.24, 2.45) is 0 Å². The molecule has 2 aliphatic heterocycles. The van der Waals surface area contributed by atoms with Crippen LogP contribution < -0.4 is 4.90 Å². The largest absolute Gasteiger partial charge is 0.358 e. The SMILES string of the molecule is CN1CCN(Cc2cccnc2)C[C@@H]1c1cn2c(N3CCCC3)cccc2n1. The molecule has 0 saturated carbocycles. The Bertz CT molecular complexity index is 931. The number of piperazine rings is 1. The third-order valence-corrected chi connectivity index (χ3v) is 6.12. The van der Waals surface area contributed by atoms with E-state index in [1.807, 2.05) is 18.5 Å². The molecule has 6 heteroatoms. The quantitative estimate of drug-likeness (QED) is 0.700. The second-order valence-electron chi connectivity index (χ2n) is 8.06. The summed E-state index contributed by atoms with van der Waals surface area (Å²) >= 11 is 0. The molecule has 3 aromatic heterocycles. The van der Waals surface area contributed by atoms with Gasteiger partial charge in [-0.3, -0.25) is 19.2 Å². The summed E-state index contributed by atoms with van der Waals surface area (Å²) in [6, 6.07) is 11.0. The molecule has 2 saturated heterocycles. The predicted octanol–water partition coefficient (Wildman–Crippen LogP) is 2.82. The van der Waals surface area contributed by atoms with Gasteiger partial charge in [-0.05, 0) is 43.7 Å². The van der Waals surface area contributed by atoms with Crippen LogP contribution in [0.2, 0.25) is 0 Å². The Labute approximate surface area is 166 Å². The van der Waals surface area contributed by atoms with Crippen molar-refractivity contribution in [1.29, 1.82) is 0 Å². The van der Waals surface area contributed by atoms with E-state index in [1.54, 1.807) is 0 Å². The second-order valence-corrected chi connectivity index (χ2v) is 8.06. The molecule has 0 unspecified atom stereocenters. The standard InChI is InChI=1S/C22H28N6/c1-25-12-13-26(15-18-6-5-9-23-14-18)17-20(25)19-16-28-21(24-19)7-4-8-22(28)27-10-2-3-11-27/h4-9,14,16,20H,2-3,10-13,15,17H2,1H3/t20-/m1/s1. The second kappa shape index (κ2) is 7.53. The topological polar surface area (TPSA) is 39.9 Å². The fraction of sp³-hybridized carbons (Fsp3) is 0.455. The van der Waals surface area contributed by atoms with E-state index in [0.717, 1.165) is 44.9 Å². The van der Waals surface area contributed by atoms with Crippen LogP contribution in [0.15, 0.2) is 48.9 Å². The van der Waals surface area contributed by atoms with Crippen molar-refractivity contribution in [3.8, 4) is 0 Å². The molecule has 3 aromatic rings. The van der Waals surface area contributed by atoms with E-state index in [9.17, 15) is 0 Å². The predicted molar refractivity (Wildman–Crippen MR) is 112 cm³/mol. The Kier molecular flexibility index (Phi) is 4.74. The zero-order chi connectivity index (χ0) is 18.9. The molecule has 0 bridgehead atoms. The van der Waals surface area contributed by atoms with Crippen molar-refractivity contribution in [3.63, 3.8) is 0 Å². The third kappa shape index (κ3) is 3.38. The van der Waals surface area contributed by atoms with Crippen molar-refractivity contribution in [1.82, 2.24) is 24.2 Å². The summed E-state index contributed by atoms with van der Waals surface area (Å²) in [5.41, 5.74) is 3.50. The number of hydrogen-bond acceptors (Lipinski definition) is 5. The summed E-state index contributed by atoms with van der Waals surface area (Å²) in [5.74, 6) is 1.28. The zero-order valence-corrected chi connectivity index (χ0v) is 16.5. The molecule has 0 amide bonds. The summed E-state index contributed by atoms with van der Waals surface area (Å²) in [6.07, 6.45) is 8.64. The number of hydrogen-bond donors (Lipinski definition) is 0. The highest BCUT2D eigenvalue weighted by molar-refractivity contribution is 5.53. The highest BCUT2D eigenvalue weighted by Crippen LogP contribution is 2.28. The van der Waals surface area contributed by atoms with Gasteiger partial charge in [-0.15, -0.1) is 0 Å². The summed E-state index contributed by atoms with van der Waals surface area (Å²) in [5, 5.41) is 0. The van der Waals surface area contributed by atoms with E-state index in [0.29, 0.717) is 6.04 Å². The molecule has 1 atom stereocenters. The number of likely N-dealkylation sites (N-methyl/N-ethyl adjacent to an activating group) is 1. The van der Waals surface area contributed by atoms with Gasteiger partial charge in [0.25, 0.3) is 0 Å². The molecule has 0 spiro atoms. The Hall–Kier alpha value is -2.44. The number of nitrogens with zero attached hydrogens (tertiary/aromatic N) is 6. The fourth-order valence-corrected chi connectivity index (χ4v) is 4.52. The molecular formula is C22H28N6. The van der Waals surface area contributed by atoms with Gasteiger partial charge in [-0.2, -0.15) is 0 Å². The van der Waals surface area contributed by atoms with Gasteiger partial charge >= 0.3 is 0 Å². The lowest BCUT2D eigenvalue weighted by Gasteiger charge is -2.38. The summed E-state index contributed by atoms with van der Waals surface area (Å²) < 4.78 is 2.29. The summed E-state index contributed by atoms with van der Waals surface area (Å²) in [7, 11) is 2.22. The first-order valence-electron chi connectivity index (χ1n) is 10.3. The smallest absolute Gasteiger partial charge is 0.138 e. The van der Waals surface area contributed by atoms with Crippen LogP contribution in [-0.4, -0.2) is 63.9 Å². The molecule has 0 aliphatic carbocycles. The monoisotopic (exact) mass is 376 g/mol. The maximum absolute atomic E-state index is 5.02. The van der Waals surface area contributed by atoms with Crippen LogP contribution in [0, 0.1) is 0 Å². The molecule has 2 aliphatic rings. The van der Waals surface area contributed by atoms with Gasteiger partial charge in [0.1, 0.15) is 11.5 Å². The minimum atomic E-state index is 0.316. The van der Waals surface area contributed by atoms with Gasteiger partial charge in [-0.25, -0.2) is 4.98 Å². The number of anilines is 1. The normalized spacial score (nSPS) is 21.6. The van der Waals surface area contributed by atoms with E-state index in [4.69, 9.17) is 4.98 Å².